The molecule has 1 atom stereocenters. The van der Waals surface area contributed by atoms with Crippen LogP contribution in [0.3, 0.4) is 0 Å². The second-order valence-corrected chi connectivity index (χ2v) is 9.42. The predicted molar refractivity (Wildman–Crippen MR) is 132 cm³/mol. The first-order valence-electron chi connectivity index (χ1n) is 11.4. The van der Waals surface area contributed by atoms with Gasteiger partial charge in [0.15, 0.2) is 11.5 Å². The smallest absolute Gasteiger partial charge is 0.337 e. The van der Waals surface area contributed by atoms with E-state index in [0.29, 0.717) is 23.8 Å². The summed E-state index contributed by atoms with van der Waals surface area (Å²) in [6.07, 6.45) is 8.80. The van der Waals surface area contributed by atoms with E-state index in [0.717, 1.165) is 37.9 Å². The highest BCUT2D eigenvalue weighted by Crippen LogP contribution is 2.30. The van der Waals surface area contributed by atoms with Crippen LogP contribution in [0.4, 0.5) is 0 Å². The first kappa shape index (κ1) is 27.4. The molecule has 0 aliphatic carbocycles. The molecule has 34 heavy (non-hydrogen) atoms. The van der Waals surface area contributed by atoms with Crippen LogP contribution in [0.1, 0.15) is 48.5 Å². The first-order chi connectivity index (χ1) is 16.4. The lowest BCUT2D eigenvalue weighted by Crippen LogP contribution is -2.25. The van der Waals surface area contributed by atoms with Gasteiger partial charge >= 0.3 is 16.1 Å². The topological polar surface area (TPSA) is 88.1 Å². The van der Waals surface area contributed by atoms with E-state index in [1.807, 2.05) is 25.1 Å². The Morgan fingerprint density at radius 1 is 1.09 bits per heavy atom. The molecule has 0 amide bonds. The van der Waals surface area contributed by atoms with Crippen molar-refractivity contribution in [3.8, 4) is 11.5 Å². The number of methoxy groups -OCH3 is 2. The number of carbonyl (C=O) groups is 1. The average Bonchev–Trinajstić information content (AvgIpc) is 2.82. The minimum absolute atomic E-state index is 0.0143. The second kappa shape index (κ2) is 14.4. The lowest BCUT2D eigenvalue weighted by atomic mass is 10.1. The molecular weight excluding hydrogens is 456 g/mol. The normalized spacial score (nSPS) is 15.1. The van der Waals surface area contributed by atoms with Gasteiger partial charge in [0.1, 0.15) is 0 Å². The van der Waals surface area contributed by atoms with E-state index >= 15 is 0 Å². The summed E-state index contributed by atoms with van der Waals surface area (Å²) in [7, 11) is -0.698. The highest BCUT2D eigenvalue weighted by Gasteiger charge is 2.17. The molecule has 1 fully saturated rings. The van der Waals surface area contributed by atoms with Crippen LogP contribution >= 0.6 is 0 Å². The summed E-state index contributed by atoms with van der Waals surface area (Å²) in [5.41, 5.74) is 1.63. The Labute approximate surface area is 202 Å². The Balaban J connectivity index is 0.000000340. The van der Waals surface area contributed by atoms with Crippen molar-refractivity contribution in [1.29, 1.82) is 0 Å². The maximum atomic E-state index is 11.9. The lowest BCUT2D eigenvalue weighted by Gasteiger charge is -2.24. The van der Waals surface area contributed by atoms with Gasteiger partial charge in [-0.15, -0.1) is 0 Å². The average molecular weight is 491 g/mol. The Bertz CT molecular complexity index is 1010. The minimum Gasteiger partial charge on any atom is -0.493 e. The van der Waals surface area contributed by atoms with Gasteiger partial charge in [-0.25, -0.2) is 4.79 Å². The quantitative estimate of drug-likeness (QED) is 0.250. The van der Waals surface area contributed by atoms with E-state index < -0.39 is 10.1 Å². The summed E-state index contributed by atoms with van der Waals surface area (Å²) in [4.78, 5) is 10.8. The molecule has 3 rings (SSSR count). The molecule has 0 radical (unpaired) electrons. The Kier molecular flexibility index (Phi) is 11.6. The van der Waals surface area contributed by atoms with Gasteiger partial charge in [-0.05, 0) is 55.5 Å². The molecule has 0 saturated carbocycles. The minimum atomic E-state index is -3.58. The molecule has 7 nitrogen and oxygen atoms in total. The number of hydrogen-bond donors (Lipinski definition) is 0. The molecule has 0 N–H and O–H groups in total. The molecule has 0 bridgehead atoms. The molecule has 1 unspecified atom stereocenters. The molecule has 2 aromatic rings. The Hall–Kier alpha value is -2.84. The lowest BCUT2D eigenvalue weighted by molar-refractivity contribution is -0.0476. The van der Waals surface area contributed by atoms with Gasteiger partial charge in [0, 0.05) is 6.61 Å². The summed E-state index contributed by atoms with van der Waals surface area (Å²) in [6.45, 7) is 2.81. The standard InChI is InChI=1S/C18H26O5S.C8H8O2/c1-3-4-13-24(19,20)23-17-10-9-15(14-18(17)21-2)7-5-6-8-16-11-12-22-16;1-10-8(9)7-5-3-2-4-6-7/h5-6,9-10,14,16H,3-4,7-8,11-13H2,1-2H3;2-6H,1H3. The van der Waals surface area contributed by atoms with Crippen LogP contribution < -0.4 is 8.92 Å². The molecule has 1 saturated heterocycles. The number of hydrogen-bond acceptors (Lipinski definition) is 7. The van der Waals surface area contributed by atoms with Crippen molar-refractivity contribution in [2.24, 2.45) is 0 Å². The zero-order chi connectivity index (χ0) is 24.8. The predicted octanol–water partition coefficient (Wildman–Crippen LogP) is 4.95. The third-order valence-electron chi connectivity index (χ3n) is 5.10. The summed E-state index contributed by atoms with van der Waals surface area (Å²) < 4.78 is 44.1. The molecule has 1 aliphatic heterocycles. The van der Waals surface area contributed by atoms with E-state index in [1.54, 1.807) is 30.3 Å². The summed E-state index contributed by atoms with van der Waals surface area (Å²) in [5, 5.41) is 0. The van der Waals surface area contributed by atoms with E-state index in [-0.39, 0.29) is 17.5 Å². The van der Waals surface area contributed by atoms with E-state index in [4.69, 9.17) is 13.7 Å². The van der Waals surface area contributed by atoms with E-state index in [1.165, 1.54) is 14.2 Å². The van der Waals surface area contributed by atoms with Gasteiger partial charge in [0.25, 0.3) is 0 Å². The first-order valence-corrected chi connectivity index (χ1v) is 12.9. The summed E-state index contributed by atoms with van der Waals surface area (Å²) >= 11 is 0. The van der Waals surface area contributed by atoms with Gasteiger partial charge < -0.3 is 18.4 Å². The van der Waals surface area contributed by atoms with Gasteiger partial charge in [-0.2, -0.15) is 8.42 Å². The third kappa shape index (κ3) is 9.57. The number of esters is 1. The van der Waals surface area contributed by atoms with Crippen LogP contribution in [0.2, 0.25) is 0 Å². The van der Waals surface area contributed by atoms with Gasteiger partial charge in [-0.3, -0.25) is 0 Å². The van der Waals surface area contributed by atoms with Crippen LogP contribution in [0, 0.1) is 0 Å². The zero-order valence-corrected chi connectivity index (χ0v) is 20.9. The third-order valence-corrected chi connectivity index (χ3v) is 6.32. The number of unbranched alkanes of at least 4 members (excludes halogenated alkanes) is 1. The number of ether oxygens (including phenoxy) is 3. The summed E-state index contributed by atoms with van der Waals surface area (Å²) in [6, 6.07) is 14.2. The second-order valence-electron chi connectivity index (χ2n) is 7.73. The molecule has 2 aromatic carbocycles. The number of carbonyl (C=O) groups excluding carboxylic acids is 1. The van der Waals surface area contributed by atoms with Crippen molar-refractivity contribution >= 4 is 16.1 Å². The highest BCUT2D eigenvalue weighted by molar-refractivity contribution is 7.87. The number of rotatable bonds is 11. The largest absolute Gasteiger partial charge is 0.493 e. The number of allylic oxidation sites excluding steroid dienone is 1. The van der Waals surface area contributed by atoms with Crippen molar-refractivity contribution in [1.82, 2.24) is 0 Å². The molecule has 0 spiro atoms. The van der Waals surface area contributed by atoms with Crippen molar-refractivity contribution < 1.29 is 31.6 Å². The fourth-order valence-corrected chi connectivity index (χ4v) is 4.17. The molecule has 0 aromatic heterocycles. The van der Waals surface area contributed by atoms with Gasteiger partial charge in [-0.1, -0.05) is 49.8 Å². The van der Waals surface area contributed by atoms with E-state index in [9.17, 15) is 13.2 Å². The van der Waals surface area contributed by atoms with Crippen LogP contribution in [0.5, 0.6) is 11.5 Å². The SMILES string of the molecule is CCCCS(=O)(=O)Oc1ccc(CC=CCC2CCO2)cc1OC.COC(=O)c1ccccc1. The van der Waals surface area contributed by atoms with Crippen molar-refractivity contribution in [3.63, 3.8) is 0 Å². The molecule has 186 valence electrons. The molecule has 1 aliphatic rings. The monoisotopic (exact) mass is 490 g/mol. The van der Waals surface area contributed by atoms with Gasteiger partial charge in [0.2, 0.25) is 0 Å². The van der Waals surface area contributed by atoms with Crippen molar-refractivity contribution in [2.45, 2.75) is 45.1 Å². The Morgan fingerprint density at radius 2 is 1.82 bits per heavy atom. The van der Waals surface area contributed by atoms with Crippen molar-refractivity contribution in [3.05, 3.63) is 71.8 Å². The number of benzene rings is 2. The van der Waals surface area contributed by atoms with Crippen LogP contribution in [0.25, 0.3) is 0 Å². The zero-order valence-electron chi connectivity index (χ0n) is 20.1. The Morgan fingerprint density at radius 3 is 2.41 bits per heavy atom. The van der Waals surface area contributed by atoms with Crippen LogP contribution in [0.15, 0.2) is 60.7 Å². The fraction of sp³-hybridized carbons (Fsp3) is 0.423. The maximum absolute atomic E-state index is 11.9. The van der Waals surface area contributed by atoms with Crippen LogP contribution in [-0.4, -0.2) is 47.1 Å². The molecular formula is C26H34O7S. The fourth-order valence-electron chi connectivity index (χ4n) is 3.04. The molecule has 1 heterocycles. The molecule has 8 heteroatoms. The summed E-state index contributed by atoms with van der Waals surface area (Å²) in [5.74, 6) is 0.397. The maximum Gasteiger partial charge on any atom is 0.337 e. The van der Waals surface area contributed by atoms with Gasteiger partial charge in [0.05, 0.1) is 31.6 Å². The highest BCUT2D eigenvalue weighted by atomic mass is 32.2. The van der Waals surface area contributed by atoms with E-state index in [2.05, 4.69) is 16.9 Å². The van der Waals surface area contributed by atoms with Crippen LogP contribution in [-0.2, 0) is 26.0 Å². The van der Waals surface area contributed by atoms with Crippen molar-refractivity contribution in [2.75, 3.05) is 26.6 Å².